The molecule has 0 radical (unpaired) electrons. The molecular weight excluding hydrogens is 298 g/mol. The van der Waals surface area contributed by atoms with E-state index < -0.39 is 5.60 Å². The van der Waals surface area contributed by atoms with Crippen LogP contribution in [0.15, 0.2) is 11.6 Å². The number of hydrogen-bond acceptors (Lipinski definition) is 3. The molecule has 0 aromatic heterocycles. The summed E-state index contributed by atoms with van der Waals surface area (Å²) >= 11 is 0. The maximum absolute atomic E-state index is 11.0. The molecule has 0 unspecified atom stereocenters. The van der Waals surface area contributed by atoms with Gasteiger partial charge in [-0.05, 0) is 81.0 Å². The van der Waals surface area contributed by atoms with Crippen LogP contribution in [0, 0.1) is 39.9 Å². The molecule has 0 heterocycles. The lowest BCUT2D eigenvalue weighted by Gasteiger charge is -2.62. The van der Waals surface area contributed by atoms with Gasteiger partial charge in [0, 0.05) is 5.41 Å². The minimum atomic E-state index is -1.14. The minimum absolute atomic E-state index is 0.159. The maximum Gasteiger partial charge on any atom is 0.156 e. The Balaban J connectivity index is 1.70. The Bertz CT molecular complexity index is 607. The Kier molecular flexibility index (Phi) is 3.68. The van der Waals surface area contributed by atoms with Crippen molar-refractivity contribution in [2.24, 2.45) is 28.6 Å². The lowest BCUT2D eigenvalue weighted by molar-refractivity contribution is -0.160. The quantitative estimate of drug-likeness (QED) is 0.522. The van der Waals surface area contributed by atoms with Crippen LogP contribution in [0.3, 0.4) is 0 Å². The van der Waals surface area contributed by atoms with Crippen LogP contribution in [0.1, 0.15) is 71.6 Å². The van der Waals surface area contributed by atoms with Gasteiger partial charge >= 0.3 is 0 Å². The van der Waals surface area contributed by atoms with Crippen LogP contribution in [0.2, 0.25) is 0 Å². The summed E-state index contributed by atoms with van der Waals surface area (Å²) in [6, 6.07) is 2.29. The van der Waals surface area contributed by atoms with Crippen molar-refractivity contribution >= 4 is 0 Å². The molecule has 7 atom stereocenters. The fraction of sp³-hybridized carbons (Fsp3) is 0.857. The molecule has 0 spiro atoms. The molecule has 0 aromatic carbocycles. The normalized spacial score (nSPS) is 53.9. The second-order valence-electron chi connectivity index (χ2n) is 9.48. The molecule has 0 bridgehead atoms. The molecule has 132 valence electrons. The van der Waals surface area contributed by atoms with E-state index in [1.807, 2.05) is 0 Å². The van der Waals surface area contributed by atoms with Crippen LogP contribution in [0.25, 0.3) is 0 Å². The van der Waals surface area contributed by atoms with E-state index in [0.29, 0.717) is 24.2 Å². The standard InChI is InChI=1S/C21H31NO2/c1-19-10-7-15(23)12-14(19)5-6-16-17(19)8-11-20(2)18(16)4-3-9-21(20,24)13-22/h5,15-18,23-24H,3-4,6-12H2,1-2H3/t15-,16+,17-,18+,19-,20+,21-/m0/s1. The molecular formula is C21H31NO2. The van der Waals surface area contributed by atoms with Crippen molar-refractivity contribution < 1.29 is 10.2 Å². The van der Waals surface area contributed by atoms with Gasteiger partial charge in [0.15, 0.2) is 5.60 Å². The first-order valence-corrected chi connectivity index (χ1v) is 9.85. The molecule has 0 amide bonds. The molecule has 3 heteroatoms. The summed E-state index contributed by atoms with van der Waals surface area (Å²) in [6.07, 6.45) is 11.0. The van der Waals surface area contributed by atoms with Gasteiger partial charge in [-0.15, -0.1) is 0 Å². The lowest BCUT2D eigenvalue weighted by atomic mass is 9.43. The number of allylic oxidation sites excluding steroid dienone is 1. The fourth-order valence-electron chi connectivity index (χ4n) is 7.05. The number of rotatable bonds is 0. The van der Waals surface area contributed by atoms with Gasteiger partial charge < -0.3 is 10.2 Å². The van der Waals surface area contributed by atoms with Gasteiger partial charge in [0.05, 0.1) is 12.2 Å². The van der Waals surface area contributed by atoms with Crippen LogP contribution in [0.5, 0.6) is 0 Å². The smallest absolute Gasteiger partial charge is 0.156 e. The van der Waals surface area contributed by atoms with Gasteiger partial charge in [-0.1, -0.05) is 25.5 Å². The van der Waals surface area contributed by atoms with Crippen LogP contribution in [0.4, 0.5) is 0 Å². The summed E-state index contributed by atoms with van der Waals surface area (Å²) in [7, 11) is 0. The Morgan fingerprint density at radius 2 is 1.92 bits per heavy atom. The number of nitriles is 1. The Morgan fingerprint density at radius 3 is 2.67 bits per heavy atom. The van der Waals surface area contributed by atoms with Gasteiger partial charge in [-0.2, -0.15) is 5.26 Å². The van der Waals surface area contributed by atoms with Crippen LogP contribution in [-0.4, -0.2) is 21.9 Å². The fourth-order valence-corrected chi connectivity index (χ4v) is 7.05. The third kappa shape index (κ3) is 2.02. The molecule has 0 aliphatic heterocycles. The molecule has 3 saturated carbocycles. The number of aliphatic hydroxyl groups is 2. The van der Waals surface area contributed by atoms with Gasteiger partial charge in [-0.3, -0.25) is 0 Å². The molecule has 4 rings (SSSR count). The Hall–Kier alpha value is -0.850. The molecule has 3 nitrogen and oxygen atoms in total. The highest BCUT2D eigenvalue weighted by molar-refractivity contribution is 5.27. The molecule has 24 heavy (non-hydrogen) atoms. The molecule has 0 saturated heterocycles. The highest BCUT2D eigenvalue weighted by Crippen LogP contribution is 2.65. The molecule has 4 aliphatic carbocycles. The second kappa shape index (κ2) is 5.32. The van der Waals surface area contributed by atoms with E-state index in [4.69, 9.17) is 0 Å². The van der Waals surface area contributed by atoms with Crippen molar-refractivity contribution in [2.45, 2.75) is 83.3 Å². The number of fused-ring (bicyclic) bond motifs is 5. The average Bonchev–Trinajstić information content (AvgIpc) is 2.56. The molecule has 2 N–H and O–H groups in total. The topological polar surface area (TPSA) is 64.2 Å². The lowest BCUT2D eigenvalue weighted by Crippen LogP contribution is -2.60. The Labute approximate surface area is 145 Å². The summed E-state index contributed by atoms with van der Waals surface area (Å²) in [6.45, 7) is 4.60. The highest BCUT2D eigenvalue weighted by Gasteiger charge is 2.62. The van der Waals surface area contributed by atoms with Gasteiger partial charge in [-0.25, -0.2) is 0 Å². The molecule has 4 aliphatic rings. The molecule has 0 aromatic rings. The summed E-state index contributed by atoms with van der Waals surface area (Å²) in [5.74, 6) is 1.70. The van der Waals surface area contributed by atoms with E-state index in [1.165, 1.54) is 5.57 Å². The van der Waals surface area contributed by atoms with E-state index in [0.717, 1.165) is 51.4 Å². The SMILES string of the molecule is C[C@]12CC[C@H](O)CC1=CC[C@H]1[C@H]3CCC[C@](O)(C#N)[C@]3(C)CC[C@@H]12. The summed E-state index contributed by atoms with van der Waals surface area (Å²) in [4.78, 5) is 0. The van der Waals surface area contributed by atoms with E-state index in [9.17, 15) is 15.5 Å². The van der Waals surface area contributed by atoms with Crippen molar-refractivity contribution in [3.05, 3.63) is 11.6 Å². The van der Waals surface area contributed by atoms with E-state index in [1.54, 1.807) is 0 Å². The maximum atomic E-state index is 11.0. The minimum Gasteiger partial charge on any atom is -0.393 e. The van der Waals surface area contributed by atoms with Gasteiger partial charge in [0.2, 0.25) is 0 Å². The van der Waals surface area contributed by atoms with Gasteiger partial charge in [0.25, 0.3) is 0 Å². The van der Waals surface area contributed by atoms with E-state index in [-0.39, 0.29) is 16.9 Å². The van der Waals surface area contributed by atoms with E-state index in [2.05, 4.69) is 26.0 Å². The monoisotopic (exact) mass is 329 g/mol. The average molecular weight is 329 g/mol. The van der Waals surface area contributed by atoms with Crippen LogP contribution < -0.4 is 0 Å². The van der Waals surface area contributed by atoms with E-state index >= 15 is 0 Å². The number of hydrogen-bond donors (Lipinski definition) is 2. The largest absolute Gasteiger partial charge is 0.393 e. The van der Waals surface area contributed by atoms with Crippen molar-refractivity contribution in [3.63, 3.8) is 0 Å². The van der Waals surface area contributed by atoms with Crippen molar-refractivity contribution in [1.29, 1.82) is 5.26 Å². The summed E-state index contributed by atoms with van der Waals surface area (Å²) < 4.78 is 0. The van der Waals surface area contributed by atoms with Crippen LogP contribution in [-0.2, 0) is 0 Å². The highest BCUT2D eigenvalue weighted by atomic mass is 16.3. The predicted molar refractivity (Wildman–Crippen MR) is 92.9 cm³/mol. The number of aliphatic hydroxyl groups excluding tert-OH is 1. The summed E-state index contributed by atoms with van der Waals surface area (Å²) in [5.41, 5.74) is 0.314. The second-order valence-corrected chi connectivity index (χ2v) is 9.48. The zero-order valence-corrected chi connectivity index (χ0v) is 15.1. The zero-order chi connectivity index (χ0) is 17.2. The third-order valence-corrected chi connectivity index (χ3v) is 8.65. The van der Waals surface area contributed by atoms with Crippen molar-refractivity contribution in [1.82, 2.24) is 0 Å². The third-order valence-electron chi connectivity index (χ3n) is 8.65. The first kappa shape index (κ1) is 16.6. The van der Waals surface area contributed by atoms with Crippen LogP contribution >= 0.6 is 0 Å². The Morgan fingerprint density at radius 1 is 1.12 bits per heavy atom. The number of nitrogens with zero attached hydrogens (tertiary/aromatic N) is 1. The van der Waals surface area contributed by atoms with Gasteiger partial charge in [0.1, 0.15) is 0 Å². The summed E-state index contributed by atoms with van der Waals surface area (Å²) in [5, 5.41) is 30.8. The predicted octanol–water partition coefficient (Wildman–Crippen LogP) is 3.95. The van der Waals surface area contributed by atoms with Crippen molar-refractivity contribution in [3.8, 4) is 6.07 Å². The van der Waals surface area contributed by atoms with Crippen molar-refractivity contribution in [2.75, 3.05) is 0 Å². The first-order valence-electron chi connectivity index (χ1n) is 9.85. The zero-order valence-electron chi connectivity index (χ0n) is 15.1. The first-order chi connectivity index (χ1) is 11.3. The molecule has 3 fully saturated rings.